The second-order valence-corrected chi connectivity index (χ2v) is 6.39. The number of para-hydroxylation sites is 1. The maximum atomic E-state index is 5.42. The molecule has 19 heavy (non-hydrogen) atoms. The lowest BCUT2D eigenvalue weighted by atomic mass is 10.0. The van der Waals surface area contributed by atoms with E-state index in [-0.39, 0.29) is 0 Å². The van der Waals surface area contributed by atoms with Crippen molar-refractivity contribution in [3.05, 3.63) is 29.8 Å². The van der Waals surface area contributed by atoms with E-state index in [0.29, 0.717) is 5.92 Å². The van der Waals surface area contributed by atoms with Crippen LogP contribution in [0.15, 0.2) is 29.3 Å². The third-order valence-electron chi connectivity index (χ3n) is 3.16. The number of thiocarbonyl (C=S) groups is 1. The Bertz CT molecular complexity index is 495. The molecule has 1 aromatic carbocycles. The monoisotopic (exact) mass is 292 g/mol. The Morgan fingerprint density at radius 3 is 2.84 bits per heavy atom. The zero-order chi connectivity index (χ0) is 13.8. The number of thioether (sulfide) groups is 1. The minimum atomic E-state index is 0.485. The maximum Gasteiger partial charge on any atom is 0.169 e. The lowest BCUT2D eigenvalue weighted by Crippen LogP contribution is -2.29. The second kappa shape index (κ2) is 6.53. The normalized spacial score (nSPS) is 17.5. The minimum Gasteiger partial charge on any atom is -0.314 e. The van der Waals surface area contributed by atoms with Gasteiger partial charge in [0.2, 0.25) is 0 Å². The average Bonchev–Trinajstić information content (AvgIpc) is 2.86. The molecule has 0 unspecified atom stereocenters. The molecule has 1 aliphatic rings. The molecule has 1 aliphatic heterocycles. The molecule has 4 heteroatoms. The highest BCUT2D eigenvalue weighted by Crippen LogP contribution is 2.29. The molecule has 2 nitrogen and oxygen atoms in total. The lowest BCUT2D eigenvalue weighted by Gasteiger charge is -2.18. The van der Waals surface area contributed by atoms with Gasteiger partial charge in [-0.2, -0.15) is 0 Å². The largest absolute Gasteiger partial charge is 0.314 e. The number of rotatable bonds is 3. The van der Waals surface area contributed by atoms with Crippen LogP contribution in [0.2, 0.25) is 0 Å². The van der Waals surface area contributed by atoms with Crippen LogP contribution in [0.5, 0.6) is 0 Å². The van der Waals surface area contributed by atoms with Crippen molar-refractivity contribution in [3.8, 4) is 0 Å². The molecule has 0 aliphatic carbocycles. The quantitative estimate of drug-likeness (QED) is 0.758. The van der Waals surface area contributed by atoms with Gasteiger partial charge in [0.25, 0.3) is 0 Å². The molecular formula is C15H20N2S2. The van der Waals surface area contributed by atoms with Crippen LogP contribution in [0.1, 0.15) is 38.7 Å². The summed E-state index contributed by atoms with van der Waals surface area (Å²) in [5, 5.41) is 1.06. The van der Waals surface area contributed by atoms with Crippen molar-refractivity contribution in [2.75, 3.05) is 12.3 Å². The Kier molecular flexibility index (Phi) is 4.99. The van der Waals surface area contributed by atoms with E-state index in [2.05, 4.69) is 43.9 Å². The van der Waals surface area contributed by atoms with Crippen LogP contribution in [0.4, 0.5) is 5.69 Å². The fourth-order valence-electron chi connectivity index (χ4n) is 2.10. The number of benzene rings is 1. The topological polar surface area (TPSA) is 15.6 Å². The van der Waals surface area contributed by atoms with E-state index in [4.69, 9.17) is 17.2 Å². The fraction of sp³-hybridized carbons (Fsp3) is 0.467. The number of hydrogen-bond donors (Lipinski definition) is 0. The van der Waals surface area contributed by atoms with Gasteiger partial charge in [-0.15, -0.1) is 0 Å². The van der Waals surface area contributed by atoms with E-state index in [1.807, 2.05) is 6.07 Å². The van der Waals surface area contributed by atoms with Crippen LogP contribution in [-0.4, -0.2) is 27.4 Å². The zero-order valence-corrected chi connectivity index (χ0v) is 13.4. The summed E-state index contributed by atoms with van der Waals surface area (Å²) in [5.74, 6) is 1.56. The Hall–Kier alpha value is -0.870. The minimum absolute atomic E-state index is 0.485. The molecule has 0 atom stereocenters. The first-order chi connectivity index (χ1) is 9.13. The highest BCUT2D eigenvalue weighted by atomic mass is 32.2. The molecule has 1 saturated heterocycles. The van der Waals surface area contributed by atoms with Crippen molar-refractivity contribution in [3.63, 3.8) is 0 Å². The molecule has 2 rings (SSSR count). The molecule has 102 valence electrons. The number of aliphatic imine (C=N–C) groups is 1. The van der Waals surface area contributed by atoms with Crippen LogP contribution >= 0.6 is 24.0 Å². The third kappa shape index (κ3) is 3.37. The average molecular weight is 292 g/mol. The first-order valence-corrected chi connectivity index (χ1v) is 8.13. The molecule has 0 amide bonds. The van der Waals surface area contributed by atoms with Crippen molar-refractivity contribution in [1.29, 1.82) is 0 Å². The summed E-state index contributed by atoms with van der Waals surface area (Å²) < 4.78 is 0. The first kappa shape index (κ1) is 14.5. The molecule has 0 radical (unpaired) electrons. The smallest absolute Gasteiger partial charge is 0.169 e. The van der Waals surface area contributed by atoms with Gasteiger partial charge in [0.15, 0.2) is 5.17 Å². The fourth-order valence-corrected chi connectivity index (χ4v) is 3.31. The van der Waals surface area contributed by atoms with E-state index in [9.17, 15) is 0 Å². The Morgan fingerprint density at radius 1 is 1.42 bits per heavy atom. The highest BCUT2D eigenvalue weighted by molar-refractivity contribution is 8.14. The second-order valence-electron chi connectivity index (χ2n) is 4.86. The molecule has 0 N–H and O–H groups in total. The summed E-state index contributed by atoms with van der Waals surface area (Å²) in [7, 11) is 0. The van der Waals surface area contributed by atoms with Crippen LogP contribution in [0, 0.1) is 0 Å². The van der Waals surface area contributed by atoms with Gasteiger partial charge in [-0.05, 0) is 24.0 Å². The Labute approximate surface area is 125 Å². The molecule has 0 aromatic heterocycles. The standard InChI is InChI=1S/C15H20N2S2/c1-4-14(18)17-9-10-19-15(17)16-13-8-6-5-7-12(13)11(2)3/h5-8,11H,4,9-10H2,1-3H3/b16-15-. The summed E-state index contributed by atoms with van der Waals surface area (Å²) in [5.41, 5.74) is 2.37. The van der Waals surface area contributed by atoms with Gasteiger partial charge in [-0.25, -0.2) is 4.99 Å². The van der Waals surface area contributed by atoms with E-state index in [1.54, 1.807) is 11.8 Å². The van der Waals surface area contributed by atoms with Crippen LogP contribution < -0.4 is 0 Å². The maximum absolute atomic E-state index is 5.42. The first-order valence-electron chi connectivity index (χ1n) is 6.74. The van der Waals surface area contributed by atoms with E-state index in [0.717, 1.165) is 34.6 Å². The number of nitrogens with zero attached hydrogens (tertiary/aromatic N) is 2. The molecule has 1 heterocycles. The molecule has 1 fully saturated rings. The van der Waals surface area contributed by atoms with Crippen molar-refractivity contribution >= 4 is 39.8 Å². The summed E-state index contributed by atoms with van der Waals surface area (Å²) in [6, 6.07) is 8.38. The van der Waals surface area contributed by atoms with Gasteiger partial charge in [-0.3, -0.25) is 0 Å². The number of hydrogen-bond acceptors (Lipinski definition) is 3. The van der Waals surface area contributed by atoms with Crippen LogP contribution in [0.3, 0.4) is 0 Å². The van der Waals surface area contributed by atoms with Crippen molar-refractivity contribution < 1.29 is 0 Å². The summed E-state index contributed by atoms with van der Waals surface area (Å²) in [4.78, 5) is 8.02. The van der Waals surface area contributed by atoms with E-state index >= 15 is 0 Å². The van der Waals surface area contributed by atoms with Gasteiger partial charge in [0.1, 0.15) is 0 Å². The van der Waals surface area contributed by atoms with Crippen molar-refractivity contribution in [1.82, 2.24) is 4.90 Å². The molecule has 1 aromatic rings. The molecule has 0 spiro atoms. The van der Waals surface area contributed by atoms with Gasteiger partial charge in [-0.1, -0.05) is 63.0 Å². The summed E-state index contributed by atoms with van der Waals surface area (Å²) in [6.07, 6.45) is 0.904. The van der Waals surface area contributed by atoms with Gasteiger partial charge >= 0.3 is 0 Å². The summed E-state index contributed by atoms with van der Waals surface area (Å²) >= 11 is 7.22. The highest BCUT2D eigenvalue weighted by Gasteiger charge is 2.22. The Balaban J connectivity index is 2.33. The zero-order valence-electron chi connectivity index (χ0n) is 11.7. The van der Waals surface area contributed by atoms with Crippen LogP contribution in [0.25, 0.3) is 0 Å². The van der Waals surface area contributed by atoms with Gasteiger partial charge < -0.3 is 4.90 Å². The predicted octanol–water partition coefficient (Wildman–Crippen LogP) is 4.58. The van der Waals surface area contributed by atoms with Gasteiger partial charge in [0.05, 0.1) is 10.7 Å². The Morgan fingerprint density at radius 2 is 2.16 bits per heavy atom. The SMILES string of the molecule is CCC(=S)N1CCS/C1=N\c1ccccc1C(C)C. The van der Waals surface area contributed by atoms with E-state index < -0.39 is 0 Å². The number of amidine groups is 1. The molecule has 0 bridgehead atoms. The van der Waals surface area contributed by atoms with Crippen molar-refractivity contribution in [2.24, 2.45) is 4.99 Å². The third-order valence-corrected chi connectivity index (χ3v) is 4.62. The van der Waals surface area contributed by atoms with Crippen LogP contribution in [-0.2, 0) is 0 Å². The van der Waals surface area contributed by atoms with Gasteiger partial charge in [0, 0.05) is 12.3 Å². The lowest BCUT2D eigenvalue weighted by molar-refractivity contribution is 0.675. The molecule has 0 saturated carbocycles. The van der Waals surface area contributed by atoms with Crippen molar-refractivity contribution in [2.45, 2.75) is 33.1 Å². The van der Waals surface area contributed by atoms with E-state index in [1.165, 1.54) is 5.56 Å². The molecular weight excluding hydrogens is 272 g/mol. The predicted molar refractivity (Wildman–Crippen MR) is 89.7 cm³/mol. The summed E-state index contributed by atoms with van der Waals surface area (Å²) in [6.45, 7) is 7.50.